The monoisotopic (exact) mass is 270 g/mol. The van der Waals surface area contributed by atoms with Crippen molar-refractivity contribution in [1.29, 1.82) is 0 Å². The first kappa shape index (κ1) is 11.8. The average Bonchev–Trinajstić information content (AvgIpc) is 2.77. The van der Waals surface area contributed by atoms with Crippen molar-refractivity contribution in [3.8, 4) is 0 Å². The van der Waals surface area contributed by atoms with Gasteiger partial charge in [0.15, 0.2) is 11.5 Å². The molecule has 0 bridgehead atoms. The van der Waals surface area contributed by atoms with Crippen molar-refractivity contribution in [2.75, 3.05) is 11.5 Å². The third-order valence-corrected chi connectivity index (χ3v) is 2.66. The Bertz CT molecular complexity index is 843. The van der Waals surface area contributed by atoms with Gasteiger partial charge in [-0.05, 0) is 12.1 Å². The maximum Gasteiger partial charge on any atom is 0.291 e. The van der Waals surface area contributed by atoms with E-state index in [0.717, 1.165) is 4.68 Å². The summed E-state index contributed by atoms with van der Waals surface area (Å²) in [6, 6.07) is 7.07. The van der Waals surface area contributed by atoms with Gasteiger partial charge in [0.1, 0.15) is 5.82 Å². The van der Waals surface area contributed by atoms with Crippen LogP contribution in [0.4, 0.5) is 17.3 Å². The second-order valence-corrected chi connectivity index (χ2v) is 3.96. The Labute approximate surface area is 111 Å². The van der Waals surface area contributed by atoms with Gasteiger partial charge in [0.25, 0.3) is 5.56 Å². The fourth-order valence-electron chi connectivity index (χ4n) is 1.70. The highest BCUT2D eigenvalue weighted by molar-refractivity contribution is 5.74. The van der Waals surface area contributed by atoms with Gasteiger partial charge in [-0.2, -0.15) is 9.77 Å². The summed E-state index contributed by atoms with van der Waals surface area (Å²) in [7, 11) is 0. The molecule has 2 heterocycles. The zero-order chi connectivity index (χ0) is 14.1. The molecule has 5 N–H and O–H groups in total. The number of aromatic amines is 1. The summed E-state index contributed by atoms with van der Waals surface area (Å²) < 4.78 is 1.12. The van der Waals surface area contributed by atoms with Gasteiger partial charge < -0.3 is 11.5 Å². The molecule has 0 unspecified atom stereocenters. The highest BCUT2D eigenvalue weighted by atomic mass is 16.1. The topological polar surface area (TPSA) is 140 Å². The van der Waals surface area contributed by atoms with E-state index in [0.29, 0.717) is 11.0 Å². The maximum atomic E-state index is 11.8. The van der Waals surface area contributed by atoms with Crippen LogP contribution < -0.4 is 17.0 Å². The van der Waals surface area contributed by atoms with Crippen LogP contribution in [0.2, 0.25) is 0 Å². The third-order valence-electron chi connectivity index (χ3n) is 2.66. The number of H-pyrrole nitrogens is 1. The number of nitrogen functional groups attached to an aromatic ring is 2. The summed E-state index contributed by atoms with van der Waals surface area (Å²) >= 11 is 0. The number of anilines is 2. The Morgan fingerprint density at radius 2 is 2.05 bits per heavy atom. The molecule has 1 aromatic carbocycles. The Morgan fingerprint density at radius 3 is 2.80 bits per heavy atom. The largest absolute Gasteiger partial charge is 0.382 e. The van der Waals surface area contributed by atoms with Gasteiger partial charge in [0.2, 0.25) is 0 Å². The van der Waals surface area contributed by atoms with Crippen molar-refractivity contribution in [3.63, 3.8) is 0 Å². The van der Waals surface area contributed by atoms with E-state index < -0.39 is 5.56 Å². The number of nitrogens with one attached hydrogen (secondary N) is 1. The third kappa shape index (κ3) is 1.86. The lowest BCUT2D eigenvalue weighted by atomic mass is 10.3. The molecule has 0 radical (unpaired) electrons. The molecule has 9 nitrogen and oxygen atoms in total. The first-order valence-electron chi connectivity index (χ1n) is 5.65. The molecule has 0 saturated heterocycles. The van der Waals surface area contributed by atoms with Crippen molar-refractivity contribution in [2.45, 2.75) is 0 Å². The minimum Gasteiger partial charge on any atom is -0.382 e. The second-order valence-electron chi connectivity index (χ2n) is 3.96. The first-order chi connectivity index (χ1) is 9.66. The summed E-state index contributed by atoms with van der Waals surface area (Å²) in [5, 5.41) is 13.9. The fourth-order valence-corrected chi connectivity index (χ4v) is 1.70. The SMILES string of the molecule is Nc1n[nH]c(N)c1N=Nn1c(=O)cnc2ccccc21. The molecule has 3 rings (SSSR count). The summed E-state index contributed by atoms with van der Waals surface area (Å²) in [4.78, 5) is 15.8. The van der Waals surface area contributed by atoms with E-state index in [1.54, 1.807) is 18.2 Å². The summed E-state index contributed by atoms with van der Waals surface area (Å²) in [5.41, 5.74) is 12.1. The maximum absolute atomic E-state index is 11.8. The number of para-hydroxylation sites is 2. The van der Waals surface area contributed by atoms with E-state index in [4.69, 9.17) is 11.5 Å². The van der Waals surface area contributed by atoms with E-state index in [1.807, 2.05) is 6.07 Å². The summed E-state index contributed by atoms with van der Waals surface area (Å²) in [6.45, 7) is 0. The average molecular weight is 270 g/mol. The molecule has 2 aromatic heterocycles. The van der Waals surface area contributed by atoms with Crippen LogP contribution in [-0.4, -0.2) is 19.9 Å². The molecule has 3 aromatic rings. The van der Waals surface area contributed by atoms with Crippen molar-refractivity contribution in [1.82, 2.24) is 19.9 Å². The Kier molecular flexibility index (Phi) is 2.64. The molecule has 0 atom stereocenters. The zero-order valence-electron chi connectivity index (χ0n) is 10.2. The van der Waals surface area contributed by atoms with Crippen LogP contribution in [0.25, 0.3) is 11.0 Å². The highest BCUT2D eigenvalue weighted by Gasteiger charge is 2.07. The van der Waals surface area contributed by atoms with Crippen LogP contribution in [0.15, 0.2) is 45.6 Å². The van der Waals surface area contributed by atoms with Gasteiger partial charge >= 0.3 is 0 Å². The van der Waals surface area contributed by atoms with Gasteiger partial charge in [-0.1, -0.05) is 17.4 Å². The van der Waals surface area contributed by atoms with Crippen molar-refractivity contribution in [3.05, 3.63) is 40.8 Å². The molecule has 0 amide bonds. The van der Waals surface area contributed by atoms with Crippen LogP contribution in [0.5, 0.6) is 0 Å². The minimum absolute atomic E-state index is 0.109. The number of benzene rings is 1. The number of aromatic nitrogens is 4. The Balaban J connectivity index is 2.16. The van der Waals surface area contributed by atoms with Crippen LogP contribution in [0.1, 0.15) is 0 Å². The lowest BCUT2D eigenvalue weighted by Crippen LogP contribution is -2.15. The van der Waals surface area contributed by atoms with Gasteiger partial charge in [-0.15, -0.1) is 5.11 Å². The molecular formula is C11H10N8O. The molecule has 9 heteroatoms. The van der Waals surface area contributed by atoms with Gasteiger partial charge in [-0.25, -0.2) is 4.98 Å². The fraction of sp³-hybridized carbons (Fsp3) is 0. The Morgan fingerprint density at radius 1 is 1.25 bits per heavy atom. The van der Waals surface area contributed by atoms with Crippen molar-refractivity contribution in [2.24, 2.45) is 10.3 Å². The summed E-state index contributed by atoms with van der Waals surface area (Å²) in [6.07, 6.45) is 1.17. The molecule has 0 saturated carbocycles. The highest BCUT2D eigenvalue weighted by Crippen LogP contribution is 2.26. The van der Waals surface area contributed by atoms with Crippen LogP contribution >= 0.6 is 0 Å². The van der Waals surface area contributed by atoms with Gasteiger partial charge in [0.05, 0.1) is 17.2 Å². The van der Waals surface area contributed by atoms with Crippen molar-refractivity contribution < 1.29 is 0 Å². The number of fused-ring (bicyclic) bond motifs is 1. The van der Waals surface area contributed by atoms with Crippen LogP contribution in [0.3, 0.4) is 0 Å². The number of hydrogen-bond donors (Lipinski definition) is 3. The number of hydrogen-bond acceptors (Lipinski definition) is 7. The zero-order valence-corrected chi connectivity index (χ0v) is 10.2. The normalized spacial score (nSPS) is 11.4. The van der Waals surface area contributed by atoms with E-state index in [2.05, 4.69) is 25.5 Å². The van der Waals surface area contributed by atoms with Crippen LogP contribution in [-0.2, 0) is 0 Å². The van der Waals surface area contributed by atoms with Crippen LogP contribution in [0, 0.1) is 0 Å². The Hall–Kier alpha value is -3.23. The number of nitrogens with zero attached hydrogens (tertiary/aromatic N) is 5. The smallest absolute Gasteiger partial charge is 0.291 e. The first-order valence-corrected chi connectivity index (χ1v) is 5.65. The van der Waals surface area contributed by atoms with E-state index >= 15 is 0 Å². The van der Waals surface area contributed by atoms with Gasteiger partial charge in [0, 0.05) is 0 Å². The van der Waals surface area contributed by atoms with Crippen molar-refractivity contribution >= 4 is 28.4 Å². The number of rotatable bonds is 2. The lowest BCUT2D eigenvalue weighted by molar-refractivity contribution is 0.792. The molecule has 0 spiro atoms. The molecule has 0 fully saturated rings. The van der Waals surface area contributed by atoms with E-state index in [1.165, 1.54) is 6.20 Å². The molecule has 0 aliphatic carbocycles. The lowest BCUT2D eigenvalue weighted by Gasteiger charge is -2.01. The van der Waals surface area contributed by atoms with E-state index in [9.17, 15) is 4.79 Å². The van der Waals surface area contributed by atoms with Gasteiger partial charge in [-0.3, -0.25) is 9.89 Å². The molecule has 100 valence electrons. The predicted octanol–water partition coefficient (Wildman–Crippen LogP) is 0.831. The molecule has 20 heavy (non-hydrogen) atoms. The standard InChI is InChI=1S/C11H10N8O/c12-10-9(11(13)17-16-10)15-18-19-7-4-2-1-3-6(7)14-5-8(19)20/h1-5H,(H5,12,13,16,17). The summed E-state index contributed by atoms with van der Waals surface area (Å²) in [5.74, 6) is 0.287. The molecule has 0 aliphatic heterocycles. The molecular weight excluding hydrogens is 260 g/mol. The van der Waals surface area contributed by atoms with E-state index in [-0.39, 0.29) is 17.3 Å². The number of nitrogens with two attached hydrogens (primary N) is 2. The predicted molar refractivity (Wildman–Crippen MR) is 73.3 cm³/mol. The quantitative estimate of drug-likeness (QED) is 0.591. The minimum atomic E-state index is -0.409. The second kappa shape index (κ2) is 4.46. The molecule has 0 aliphatic rings.